The molecule has 0 bridgehead atoms. The Bertz CT molecular complexity index is 893. The molecule has 146 valence electrons. The van der Waals surface area contributed by atoms with Gasteiger partial charge in [-0.25, -0.2) is 0 Å². The number of carbonyl (C=O) groups excluding carboxylic acids is 1. The van der Waals surface area contributed by atoms with Crippen LogP contribution in [0, 0.1) is 0 Å². The largest absolute Gasteiger partial charge is 0.469 e. The molecule has 2 aromatic heterocycles. The number of aromatic amines is 1. The number of furan rings is 1. The fourth-order valence-electron chi connectivity index (χ4n) is 3.34. The Kier molecular flexibility index (Phi) is 5.43. The van der Waals surface area contributed by atoms with Gasteiger partial charge in [-0.1, -0.05) is 0 Å². The van der Waals surface area contributed by atoms with Crippen molar-refractivity contribution in [2.24, 2.45) is 0 Å². The minimum absolute atomic E-state index is 0.158. The third kappa shape index (κ3) is 4.43. The number of aryl methyl sites for hydroxylation is 2. The third-order valence-corrected chi connectivity index (χ3v) is 5.09. The number of nitrogens with one attached hydrogen (secondary N) is 2. The van der Waals surface area contributed by atoms with Crippen LogP contribution in [0.4, 0.5) is 11.5 Å². The van der Waals surface area contributed by atoms with Crippen molar-refractivity contribution in [3.63, 3.8) is 0 Å². The van der Waals surface area contributed by atoms with E-state index in [0.717, 1.165) is 56.2 Å². The Morgan fingerprint density at radius 2 is 1.93 bits per heavy atom. The first-order valence-corrected chi connectivity index (χ1v) is 9.59. The lowest BCUT2D eigenvalue weighted by atomic mass is 10.1. The van der Waals surface area contributed by atoms with Crippen LogP contribution < -0.4 is 10.2 Å². The maximum atomic E-state index is 12.5. The zero-order valence-electron chi connectivity index (χ0n) is 16.0. The first kappa shape index (κ1) is 18.3. The molecule has 0 spiro atoms. The number of H-pyrrole nitrogens is 1. The predicted molar refractivity (Wildman–Crippen MR) is 109 cm³/mol. The van der Waals surface area contributed by atoms with Gasteiger partial charge < -0.3 is 19.5 Å². The van der Waals surface area contributed by atoms with Crippen LogP contribution in [-0.2, 0) is 12.8 Å². The lowest BCUT2D eigenvalue weighted by Gasteiger charge is -2.34. The number of amides is 1. The first-order chi connectivity index (χ1) is 13.7. The molecule has 0 atom stereocenters. The second kappa shape index (κ2) is 8.31. The number of carbonyl (C=O) groups is 1. The molecule has 1 aromatic carbocycles. The van der Waals surface area contributed by atoms with Crippen LogP contribution in [0.15, 0.2) is 53.1 Å². The Labute approximate surface area is 164 Å². The number of anilines is 2. The fourth-order valence-corrected chi connectivity index (χ4v) is 3.34. The van der Waals surface area contributed by atoms with Gasteiger partial charge in [0.15, 0.2) is 5.82 Å². The standard InChI is InChI=1S/C21H25N5O2/c1-25-10-12-26(13-11-25)18-7-4-16(5-8-18)21(27)22-20-15-17(23-24-20)6-9-19-3-2-14-28-19/h2-5,7-8,14-15H,6,9-13H2,1H3,(H2,22,23,24,27). The van der Waals surface area contributed by atoms with Gasteiger partial charge in [0.05, 0.1) is 6.26 Å². The molecule has 2 N–H and O–H groups in total. The maximum absolute atomic E-state index is 12.5. The van der Waals surface area contributed by atoms with Crippen LogP contribution in [0.25, 0.3) is 0 Å². The van der Waals surface area contributed by atoms with Crippen LogP contribution >= 0.6 is 0 Å². The van der Waals surface area contributed by atoms with Gasteiger partial charge in [0, 0.05) is 55.6 Å². The Morgan fingerprint density at radius 3 is 2.64 bits per heavy atom. The number of piperazine rings is 1. The molecule has 4 rings (SSSR count). The van der Waals surface area contributed by atoms with Crippen molar-refractivity contribution in [2.45, 2.75) is 12.8 Å². The zero-order valence-corrected chi connectivity index (χ0v) is 16.0. The molecule has 0 saturated carbocycles. The summed E-state index contributed by atoms with van der Waals surface area (Å²) in [6, 6.07) is 13.5. The van der Waals surface area contributed by atoms with E-state index in [4.69, 9.17) is 4.42 Å². The van der Waals surface area contributed by atoms with Crippen molar-refractivity contribution in [1.29, 1.82) is 0 Å². The highest BCUT2D eigenvalue weighted by molar-refractivity contribution is 6.03. The SMILES string of the molecule is CN1CCN(c2ccc(C(=O)Nc3cc(CCc4ccco4)[nH]n3)cc2)CC1. The van der Waals surface area contributed by atoms with Gasteiger partial charge in [0.1, 0.15) is 5.76 Å². The molecule has 7 heteroatoms. The van der Waals surface area contributed by atoms with E-state index in [1.807, 2.05) is 42.5 Å². The van der Waals surface area contributed by atoms with Crippen LogP contribution in [0.3, 0.4) is 0 Å². The first-order valence-electron chi connectivity index (χ1n) is 9.59. The van der Waals surface area contributed by atoms with Gasteiger partial charge in [-0.3, -0.25) is 9.89 Å². The molecule has 3 aromatic rings. The van der Waals surface area contributed by atoms with Crippen molar-refractivity contribution in [2.75, 3.05) is 43.4 Å². The van der Waals surface area contributed by atoms with Crippen molar-refractivity contribution in [1.82, 2.24) is 15.1 Å². The number of nitrogens with zero attached hydrogens (tertiary/aromatic N) is 3. The topological polar surface area (TPSA) is 77.4 Å². The summed E-state index contributed by atoms with van der Waals surface area (Å²) in [6.45, 7) is 4.14. The van der Waals surface area contributed by atoms with Gasteiger partial charge >= 0.3 is 0 Å². The summed E-state index contributed by atoms with van der Waals surface area (Å²) >= 11 is 0. The molecule has 1 aliphatic rings. The molecule has 3 heterocycles. The molecule has 0 unspecified atom stereocenters. The smallest absolute Gasteiger partial charge is 0.256 e. The third-order valence-electron chi connectivity index (χ3n) is 5.09. The van der Waals surface area contributed by atoms with E-state index in [1.165, 1.54) is 0 Å². The average molecular weight is 379 g/mol. The van der Waals surface area contributed by atoms with Gasteiger partial charge in [-0.15, -0.1) is 0 Å². The molecule has 1 amide bonds. The van der Waals surface area contributed by atoms with E-state index in [1.54, 1.807) is 6.26 Å². The Balaban J connectivity index is 1.32. The van der Waals surface area contributed by atoms with Crippen molar-refractivity contribution >= 4 is 17.4 Å². The minimum Gasteiger partial charge on any atom is -0.469 e. The van der Waals surface area contributed by atoms with Gasteiger partial charge in [0.2, 0.25) is 0 Å². The number of rotatable bonds is 6. The van der Waals surface area contributed by atoms with E-state index in [9.17, 15) is 4.79 Å². The minimum atomic E-state index is -0.158. The molecule has 28 heavy (non-hydrogen) atoms. The van der Waals surface area contributed by atoms with Crippen LogP contribution in [0.2, 0.25) is 0 Å². The summed E-state index contributed by atoms with van der Waals surface area (Å²) < 4.78 is 5.33. The van der Waals surface area contributed by atoms with Crippen molar-refractivity contribution in [3.8, 4) is 0 Å². The molecule has 0 radical (unpaired) electrons. The maximum Gasteiger partial charge on any atom is 0.256 e. The second-order valence-corrected chi connectivity index (χ2v) is 7.15. The molecule has 7 nitrogen and oxygen atoms in total. The molecular formula is C21H25N5O2. The summed E-state index contributed by atoms with van der Waals surface area (Å²) in [5, 5.41) is 9.99. The molecule has 1 fully saturated rings. The quantitative estimate of drug-likeness (QED) is 0.689. The van der Waals surface area contributed by atoms with Crippen molar-refractivity contribution in [3.05, 3.63) is 65.7 Å². The highest BCUT2D eigenvalue weighted by Gasteiger charge is 2.15. The number of likely N-dealkylation sites (N-methyl/N-ethyl adjacent to an activating group) is 1. The average Bonchev–Trinajstić information content (AvgIpc) is 3.39. The van der Waals surface area contributed by atoms with Crippen LogP contribution in [0.5, 0.6) is 0 Å². The molecule has 0 aliphatic carbocycles. The highest BCUT2D eigenvalue weighted by Crippen LogP contribution is 2.18. The summed E-state index contributed by atoms with van der Waals surface area (Å²) in [5.74, 6) is 1.30. The van der Waals surface area contributed by atoms with Gasteiger partial charge in [-0.2, -0.15) is 5.10 Å². The van der Waals surface area contributed by atoms with E-state index < -0.39 is 0 Å². The highest BCUT2D eigenvalue weighted by atomic mass is 16.3. The van der Waals surface area contributed by atoms with Crippen molar-refractivity contribution < 1.29 is 9.21 Å². The molecule has 1 aliphatic heterocycles. The fraction of sp³-hybridized carbons (Fsp3) is 0.333. The monoisotopic (exact) mass is 379 g/mol. The van der Waals surface area contributed by atoms with E-state index in [-0.39, 0.29) is 5.91 Å². The molecule has 1 saturated heterocycles. The van der Waals surface area contributed by atoms with Gasteiger partial charge in [-0.05, 0) is 49.9 Å². The van der Waals surface area contributed by atoms with Gasteiger partial charge in [0.25, 0.3) is 5.91 Å². The molecular weight excluding hydrogens is 354 g/mol. The summed E-state index contributed by atoms with van der Waals surface area (Å²) in [6.07, 6.45) is 3.23. The number of hydrogen-bond donors (Lipinski definition) is 2. The van der Waals surface area contributed by atoms with Crippen LogP contribution in [0.1, 0.15) is 21.8 Å². The Hall–Kier alpha value is -3.06. The summed E-state index contributed by atoms with van der Waals surface area (Å²) in [5.41, 5.74) is 2.74. The zero-order chi connectivity index (χ0) is 19.3. The normalized spacial score (nSPS) is 15.0. The number of benzene rings is 1. The predicted octanol–water partition coefficient (Wildman–Crippen LogP) is 2.79. The van der Waals surface area contributed by atoms with E-state index >= 15 is 0 Å². The second-order valence-electron chi connectivity index (χ2n) is 7.15. The van der Waals surface area contributed by atoms with Crippen LogP contribution in [-0.4, -0.2) is 54.2 Å². The Morgan fingerprint density at radius 1 is 1.14 bits per heavy atom. The lowest BCUT2D eigenvalue weighted by Crippen LogP contribution is -2.44. The number of aromatic nitrogens is 2. The number of hydrogen-bond acceptors (Lipinski definition) is 5. The summed E-state index contributed by atoms with van der Waals surface area (Å²) in [7, 11) is 2.14. The van der Waals surface area contributed by atoms with E-state index in [2.05, 4.69) is 32.4 Å². The van der Waals surface area contributed by atoms with E-state index in [0.29, 0.717) is 11.4 Å². The summed E-state index contributed by atoms with van der Waals surface area (Å²) in [4.78, 5) is 17.2. The lowest BCUT2D eigenvalue weighted by molar-refractivity contribution is 0.102.